The van der Waals surface area contributed by atoms with Crippen LogP contribution in [-0.4, -0.2) is 18.2 Å². The fourth-order valence-electron chi connectivity index (χ4n) is 1.69. The second kappa shape index (κ2) is 6.25. The Morgan fingerprint density at radius 2 is 1.89 bits per heavy atom. The van der Waals surface area contributed by atoms with E-state index in [0.29, 0.717) is 18.3 Å². The number of thiazole rings is 1. The Morgan fingerprint density at radius 3 is 2.47 bits per heavy atom. The van der Waals surface area contributed by atoms with Gasteiger partial charge < -0.3 is 15.2 Å². The maximum Gasteiger partial charge on any atom is 0.180 e. The largest absolute Gasteiger partial charge is 0.493 e. The van der Waals surface area contributed by atoms with Gasteiger partial charge in [0, 0.05) is 17.0 Å². The third kappa shape index (κ3) is 3.19. The molecule has 0 aliphatic carbocycles. The van der Waals surface area contributed by atoms with Gasteiger partial charge in [-0.2, -0.15) is 0 Å². The number of hydrogen-bond acceptors (Lipinski definition) is 5. The number of hydrogen-bond donors (Lipinski definition) is 1. The van der Waals surface area contributed by atoms with Gasteiger partial charge in [0.2, 0.25) is 0 Å². The first-order chi connectivity index (χ1) is 9.15. The number of anilines is 1. The van der Waals surface area contributed by atoms with E-state index in [-0.39, 0.29) is 0 Å². The summed E-state index contributed by atoms with van der Waals surface area (Å²) in [5.41, 5.74) is 7.41. The van der Waals surface area contributed by atoms with E-state index in [0.717, 1.165) is 27.2 Å². The summed E-state index contributed by atoms with van der Waals surface area (Å²) in [6, 6.07) is 3.83. The van der Waals surface area contributed by atoms with E-state index in [1.54, 1.807) is 0 Å². The lowest BCUT2D eigenvalue weighted by atomic mass is 10.1. The molecule has 4 nitrogen and oxygen atoms in total. The van der Waals surface area contributed by atoms with Gasteiger partial charge in [-0.3, -0.25) is 0 Å². The lowest BCUT2D eigenvalue weighted by Gasteiger charge is -2.13. The first kappa shape index (κ1) is 14.1. The molecule has 1 heterocycles. The van der Waals surface area contributed by atoms with Crippen LogP contribution in [0.2, 0.25) is 0 Å². The topological polar surface area (TPSA) is 57.4 Å². The molecule has 19 heavy (non-hydrogen) atoms. The first-order valence-electron chi connectivity index (χ1n) is 5.96. The van der Waals surface area contributed by atoms with Crippen LogP contribution in [0.25, 0.3) is 11.3 Å². The van der Waals surface area contributed by atoms with E-state index in [2.05, 4.69) is 20.9 Å². The van der Waals surface area contributed by atoms with E-state index in [9.17, 15) is 0 Å². The summed E-state index contributed by atoms with van der Waals surface area (Å²) >= 11 is 4.91. The van der Waals surface area contributed by atoms with Crippen LogP contribution in [0.3, 0.4) is 0 Å². The predicted molar refractivity (Wildman–Crippen MR) is 82.0 cm³/mol. The van der Waals surface area contributed by atoms with E-state index < -0.39 is 0 Å². The SMILES string of the molecule is CCOc1cc(OCC)c(-c2csc(N)n2)cc1Br. The van der Waals surface area contributed by atoms with Crippen molar-refractivity contribution in [1.82, 2.24) is 4.98 Å². The van der Waals surface area contributed by atoms with Gasteiger partial charge in [-0.25, -0.2) is 4.98 Å². The van der Waals surface area contributed by atoms with E-state index in [1.165, 1.54) is 11.3 Å². The van der Waals surface area contributed by atoms with Crippen molar-refractivity contribution >= 4 is 32.4 Å². The molecular weight excluding hydrogens is 328 g/mol. The van der Waals surface area contributed by atoms with Crippen LogP contribution in [0.1, 0.15) is 13.8 Å². The molecule has 0 aliphatic rings. The molecule has 1 aromatic heterocycles. The minimum Gasteiger partial charge on any atom is -0.493 e. The van der Waals surface area contributed by atoms with Gasteiger partial charge >= 0.3 is 0 Å². The molecule has 0 unspecified atom stereocenters. The number of aromatic nitrogens is 1. The maximum absolute atomic E-state index is 5.69. The van der Waals surface area contributed by atoms with Gasteiger partial charge in [0.1, 0.15) is 11.5 Å². The molecule has 0 atom stereocenters. The van der Waals surface area contributed by atoms with Crippen LogP contribution < -0.4 is 15.2 Å². The quantitative estimate of drug-likeness (QED) is 0.893. The van der Waals surface area contributed by atoms with Gasteiger partial charge in [0.05, 0.1) is 23.4 Å². The molecule has 0 spiro atoms. The van der Waals surface area contributed by atoms with Crippen molar-refractivity contribution in [3.63, 3.8) is 0 Å². The van der Waals surface area contributed by atoms with Gasteiger partial charge in [-0.05, 0) is 35.8 Å². The molecule has 0 aliphatic heterocycles. The number of rotatable bonds is 5. The zero-order valence-electron chi connectivity index (χ0n) is 10.8. The third-order valence-electron chi connectivity index (χ3n) is 2.43. The van der Waals surface area contributed by atoms with Crippen LogP contribution in [0, 0.1) is 0 Å². The fourth-order valence-corrected chi connectivity index (χ4v) is 2.71. The molecule has 2 N–H and O–H groups in total. The van der Waals surface area contributed by atoms with Crippen molar-refractivity contribution in [2.45, 2.75) is 13.8 Å². The van der Waals surface area contributed by atoms with E-state index in [4.69, 9.17) is 15.2 Å². The number of nitrogen functional groups attached to an aromatic ring is 1. The molecular formula is C13H15BrN2O2S. The summed E-state index contributed by atoms with van der Waals surface area (Å²) < 4.78 is 12.1. The van der Waals surface area contributed by atoms with Gasteiger partial charge in [-0.15, -0.1) is 11.3 Å². The van der Waals surface area contributed by atoms with Crippen LogP contribution >= 0.6 is 27.3 Å². The van der Waals surface area contributed by atoms with Gasteiger partial charge in [0.15, 0.2) is 5.13 Å². The number of halogens is 1. The molecule has 0 saturated heterocycles. The summed E-state index contributed by atoms with van der Waals surface area (Å²) in [7, 11) is 0. The highest BCUT2D eigenvalue weighted by atomic mass is 79.9. The molecule has 0 bridgehead atoms. The van der Waals surface area contributed by atoms with Crippen molar-refractivity contribution < 1.29 is 9.47 Å². The Morgan fingerprint density at radius 1 is 1.21 bits per heavy atom. The average Bonchev–Trinajstić information content (AvgIpc) is 2.80. The minimum atomic E-state index is 0.544. The van der Waals surface area contributed by atoms with Crippen molar-refractivity contribution in [2.24, 2.45) is 0 Å². The second-order valence-electron chi connectivity index (χ2n) is 3.72. The van der Waals surface area contributed by atoms with Gasteiger partial charge in [0.25, 0.3) is 0 Å². The standard InChI is InChI=1S/C13H15BrN2O2S/c1-3-17-11-6-12(18-4-2)9(14)5-8(11)10-7-19-13(15)16-10/h5-7H,3-4H2,1-2H3,(H2,15,16). The van der Waals surface area contributed by atoms with Crippen LogP contribution in [0.4, 0.5) is 5.13 Å². The molecule has 0 amide bonds. The lowest BCUT2D eigenvalue weighted by Crippen LogP contribution is -1.98. The molecule has 2 aromatic rings. The minimum absolute atomic E-state index is 0.544. The molecule has 2 rings (SSSR count). The fraction of sp³-hybridized carbons (Fsp3) is 0.308. The van der Waals surface area contributed by atoms with Crippen molar-refractivity contribution in [3.05, 3.63) is 22.0 Å². The Labute approximate surface area is 124 Å². The summed E-state index contributed by atoms with van der Waals surface area (Å²) in [5, 5.41) is 2.46. The lowest BCUT2D eigenvalue weighted by molar-refractivity contribution is 0.322. The highest BCUT2D eigenvalue weighted by Gasteiger charge is 2.14. The zero-order valence-corrected chi connectivity index (χ0v) is 13.2. The number of benzene rings is 1. The van der Waals surface area contributed by atoms with Crippen molar-refractivity contribution in [1.29, 1.82) is 0 Å². The Bertz CT molecular complexity index is 572. The van der Waals surface area contributed by atoms with Crippen molar-refractivity contribution in [2.75, 3.05) is 18.9 Å². The second-order valence-corrected chi connectivity index (χ2v) is 5.46. The highest BCUT2D eigenvalue weighted by molar-refractivity contribution is 9.10. The number of nitrogens with two attached hydrogens (primary N) is 1. The molecule has 0 radical (unpaired) electrons. The summed E-state index contributed by atoms with van der Waals surface area (Å²) in [6.45, 7) is 5.08. The van der Waals surface area contributed by atoms with E-state index >= 15 is 0 Å². The normalized spacial score (nSPS) is 10.5. The number of ether oxygens (including phenoxy) is 2. The van der Waals surface area contributed by atoms with Crippen LogP contribution in [0.15, 0.2) is 22.0 Å². The molecule has 102 valence electrons. The monoisotopic (exact) mass is 342 g/mol. The Kier molecular flexibility index (Phi) is 4.66. The summed E-state index contributed by atoms with van der Waals surface area (Å²) in [5.74, 6) is 1.51. The first-order valence-corrected chi connectivity index (χ1v) is 7.63. The van der Waals surface area contributed by atoms with E-state index in [1.807, 2.05) is 31.4 Å². The van der Waals surface area contributed by atoms with Crippen molar-refractivity contribution in [3.8, 4) is 22.8 Å². The molecule has 0 fully saturated rings. The molecule has 1 aromatic carbocycles. The smallest absolute Gasteiger partial charge is 0.180 e. The Balaban J connectivity index is 2.49. The van der Waals surface area contributed by atoms with Gasteiger partial charge in [-0.1, -0.05) is 0 Å². The summed E-state index contributed by atoms with van der Waals surface area (Å²) in [4.78, 5) is 4.30. The average molecular weight is 343 g/mol. The maximum atomic E-state index is 5.69. The number of nitrogens with zero attached hydrogens (tertiary/aromatic N) is 1. The predicted octanol–water partition coefficient (Wildman–Crippen LogP) is 3.95. The molecule has 0 saturated carbocycles. The Hall–Kier alpha value is -1.27. The highest BCUT2D eigenvalue weighted by Crippen LogP contribution is 2.39. The molecule has 6 heteroatoms. The summed E-state index contributed by atoms with van der Waals surface area (Å²) in [6.07, 6.45) is 0. The zero-order chi connectivity index (χ0) is 13.8. The van der Waals surface area contributed by atoms with Crippen LogP contribution in [0.5, 0.6) is 11.5 Å². The third-order valence-corrected chi connectivity index (χ3v) is 3.73. The van der Waals surface area contributed by atoms with Crippen LogP contribution in [-0.2, 0) is 0 Å².